The molecule has 3 N–H and O–H groups in total. The van der Waals surface area contributed by atoms with Gasteiger partial charge in [0.2, 0.25) is 0 Å². The average Bonchev–Trinajstić information content (AvgIpc) is 2.54. The molecule has 0 saturated carbocycles. The van der Waals surface area contributed by atoms with Gasteiger partial charge in [0.1, 0.15) is 5.75 Å². The third-order valence-electron chi connectivity index (χ3n) is 3.81. The van der Waals surface area contributed by atoms with Crippen LogP contribution in [0.15, 0.2) is 60.7 Å². The summed E-state index contributed by atoms with van der Waals surface area (Å²) < 4.78 is 0. The maximum Gasteiger partial charge on any atom is 0.115 e. The van der Waals surface area contributed by atoms with Crippen LogP contribution in [0.2, 0.25) is 0 Å². The second-order valence-corrected chi connectivity index (χ2v) is 5.07. The molecule has 0 amide bonds. The predicted octanol–water partition coefficient (Wildman–Crippen LogP) is 3.77. The zero-order valence-electron chi connectivity index (χ0n) is 12.0. The minimum atomic E-state index is 0.274. The van der Waals surface area contributed by atoms with Crippen LogP contribution in [-0.4, -0.2) is 12.2 Å². The SMILES string of the molecule is CN(c1ccc(O)cc1)c1ccc(CN)c2ccccc12. The Morgan fingerprint density at radius 1 is 0.905 bits per heavy atom. The highest BCUT2D eigenvalue weighted by atomic mass is 16.3. The number of nitrogens with zero attached hydrogens (tertiary/aromatic N) is 1. The molecule has 0 heterocycles. The number of rotatable bonds is 3. The van der Waals surface area contributed by atoms with Crippen LogP contribution in [0.5, 0.6) is 5.75 Å². The molecule has 3 aromatic carbocycles. The molecule has 0 atom stereocenters. The lowest BCUT2D eigenvalue weighted by Gasteiger charge is -2.22. The topological polar surface area (TPSA) is 49.5 Å². The molecule has 3 rings (SSSR count). The number of aromatic hydroxyl groups is 1. The molecule has 106 valence electrons. The van der Waals surface area contributed by atoms with Crippen LogP contribution < -0.4 is 10.6 Å². The van der Waals surface area contributed by atoms with Crippen molar-refractivity contribution in [2.75, 3.05) is 11.9 Å². The minimum Gasteiger partial charge on any atom is -0.508 e. The summed E-state index contributed by atoms with van der Waals surface area (Å²) in [7, 11) is 2.02. The van der Waals surface area contributed by atoms with Crippen molar-refractivity contribution in [3.63, 3.8) is 0 Å². The summed E-state index contributed by atoms with van der Waals surface area (Å²) in [5.41, 5.74) is 9.12. The van der Waals surface area contributed by atoms with E-state index in [9.17, 15) is 5.11 Å². The molecule has 3 aromatic rings. The maximum atomic E-state index is 9.42. The molecule has 0 aromatic heterocycles. The smallest absolute Gasteiger partial charge is 0.115 e. The molecule has 3 nitrogen and oxygen atoms in total. The molecule has 0 spiro atoms. The summed E-state index contributed by atoms with van der Waals surface area (Å²) in [5, 5.41) is 11.8. The van der Waals surface area contributed by atoms with Crippen LogP contribution in [0.25, 0.3) is 10.8 Å². The molecule has 0 bridgehead atoms. The average molecular weight is 278 g/mol. The lowest BCUT2D eigenvalue weighted by molar-refractivity contribution is 0.475. The molecule has 0 radical (unpaired) electrons. The first-order valence-corrected chi connectivity index (χ1v) is 6.94. The predicted molar refractivity (Wildman–Crippen MR) is 88.0 cm³/mol. The second-order valence-electron chi connectivity index (χ2n) is 5.07. The van der Waals surface area contributed by atoms with E-state index in [1.54, 1.807) is 12.1 Å². The van der Waals surface area contributed by atoms with Crippen molar-refractivity contribution in [3.05, 3.63) is 66.2 Å². The van der Waals surface area contributed by atoms with Crippen molar-refractivity contribution in [3.8, 4) is 5.75 Å². The van der Waals surface area contributed by atoms with Crippen molar-refractivity contribution in [1.29, 1.82) is 0 Å². The van der Waals surface area contributed by atoms with Gasteiger partial charge in [0.05, 0.1) is 0 Å². The van der Waals surface area contributed by atoms with Crippen LogP contribution >= 0.6 is 0 Å². The number of fused-ring (bicyclic) bond motifs is 1. The number of hydrogen-bond acceptors (Lipinski definition) is 3. The Balaban J connectivity index is 2.14. The van der Waals surface area contributed by atoms with E-state index in [4.69, 9.17) is 5.73 Å². The van der Waals surface area contributed by atoms with Crippen LogP contribution in [0.1, 0.15) is 5.56 Å². The number of anilines is 2. The molecular formula is C18H18N2O. The van der Waals surface area contributed by atoms with Crippen LogP contribution in [-0.2, 0) is 6.54 Å². The normalized spacial score (nSPS) is 10.8. The Kier molecular flexibility index (Phi) is 3.50. The van der Waals surface area contributed by atoms with Crippen molar-refractivity contribution < 1.29 is 5.11 Å². The van der Waals surface area contributed by atoms with E-state index in [-0.39, 0.29) is 5.75 Å². The van der Waals surface area contributed by atoms with E-state index in [0.717, 1.165) is 16.9 Å². The number of benzene rings is 3. The standard InChI is InChI=1S/C18H18N2O/c1-20(14-7-9-15(21)10-8-14)18-11-6-13(12-19)16-4-2-3-5-17(16)18/h2-11,21H,12,19H2,1H3. The molecule has 21 heavy (non-hydrogen) atoms. The largest absolute Gasteiger partial charge is 0.508 e. The Bertz CT molecular complexity index is 766. The van der Waals surface area contributed by atoms with Crippen LogP contribution in [0.4, 0.5) is 11.4 Å². The van der Waals surface area contributed by atoms with Gasteiger partial charge < -0.3 is 15.7 Å². The van der Waals surface area contributed by atoms with Gasteiger partial charge in [-0.25, -0.2) is 0 Å². The second kappa shape index (κ2) is 5.46. The molecule has 0 aliphatic rings. The monoisotopic (exact) mass is 278 g/mol. The van der Waals surface area contributed by atoms with Crippen molar-refractivity contribution in [2.24, 2.45) is 5.73 Å². The lowest BCUT2D eigenvalue weighted by Crippen LogP contribution is -2.10. The van der Waals surface area contributed by atoms with Gasteiger partial charge in [0, 0.05) is 30.4 Å². The summed E-state index contributed by atoms with van der Waals surface area (Å²) in [6, 6.07) is 19.7. The molecule has 0 aliphatic carbocycles. The highest BCUT2D eigenvalue weighted by molar-refractivity contribution is 5.98. The Hall–Kier alpha value is -2.52. The summed E-state index contributed by atoms with van der Waals surface area (Å²) >= 11 is 0. The lowest BCUT2D eigenvalue weighted by atomic mass is 10.0. The fourth-order valence-electron chi connectivity index (χ4n) is 2.63. The molecule has 0 fully saturated rings. The first-order valence-electron chi connectivity index (χ1n) is 6.94. The number of phenols is 1. The summed E-state index contributed by atoms with van der Waals surface area (Å²) in [6.45, 7) is 0.531. The fraction of sp³-hybridized carbons (Fsp3) is 0.111. The Morgan fingerprint density at radius 3 is 2.24 bits per heavy atom. The van der Waals surface area contributed by atoms with Crippen LogP contribution in [0.3, 0.4) is 0 Å². The third-order valence-corrected chi connectivity index (χ3v) is 3.81. The van der Waals surface area contributed by atoms with Gasteiger partial charge in [-0.1, -0.05) is 30.3 Å². The van der Waals surface area contributed by atoms with Gasteiger partial charge in [-0.05, 0) is 41.3 Å². The number of nitrogens with two attached hydrogens (primary N) is 1. The van der Waals surface area contributed by atoms with Crippen molar-refractivity contribution in [1.82, 2.24) is 0 Å². The highest BCUT2D eigenvalue weighted by Gasteiger charge is 2.10. The Morgan fingerprint density at radius 2 is 1.57 bits per heavy atom. The van der Waals surface area contributed by atoms with Gasteiger partial charge >= 0.3 is 0 Å². The quantitative estimate of drug-likeness (QED) is 0.766. The van der Waals surface area contributed by atoms with E-state index in [1.807, 2.05) is 31.3 Å². The summed E-state index contributed by atoms with van der Waals surface area (Å²) in [5.74, 6) is 0.274. The van der Waals surface area contributed by atoms with Gasteiger partial charge in [-0.15, -0.1) is 0 Å². The number of phenolic OH excluding ortho intramolecular Hbond substituents is 1. The third kappa shape index (κ3) is 2.43. The number of hydrogen-bond donors (Lipinski definition) is 2. The van der Waals surface area contributed by atoms with E-state index in [0.29, 0.717) is 6.54 Å². The van der Waals surface area contributed by atoms with Gasteiger partial charge in [0.15, 0.2) is 0 Å². The van der Waals surface area contributed by atoms with Crippen molar-refractivity contribution in [2.45, 2.75) is 6.54 Å². The molecule has 0 unspecified atom stereocenters. The molecule has 0 saturated heterocycles. The fourth-order valence-corrected chi connectivity index (χ4v) is 2.63. The minimum absolute atomic E-state index is 0.274. The van der Waals surface area contributed by atoms with Gasteiger partial charge in [-0.3, -0.25) is 0 Å². The molecular weight excluding hydrogens is 260 g/mol. The zero-order valence-corrected chi connectivity index (χ0v) is 12.0. The van der Waals surface area contributed by atoms with Gasteiger partial charge in [-0.2, -0.15) is 0 Å². The van der Waals surface area contributed by atoms with Crippen molar-refractivity contribution >= 4 is 22.1 Å². The summed E-state index contributed by atoms with van der Waals surface area (Å²) in [4.78, 5) is 2.11. The van der Waals surface area contributed by atoms with Gasteiger partial charge in [0.25, 0.3) is 0 Å². The first kappa shape index (κ1) is 13.5. The Labute approximate surface area is 124 Å². The zero-order chi connectivity index (χ0) is 14.8. The van der Waals surface area contributed by atoms with E-state index in [1.165, 1.54) is 10.8 Å². The maximum absolute atomic E-state index is 9.42. The van der Waals surface area contributed by atoms with Crippen LogP contribution in [0, 0.1) is 0 Å². The molecule has 3 heteroatoms. The van der Waals surface area contributed by atoms with E-state index < -0.39 is 0 Å². The summed E-state index contributed by atoms with van der Waals surface area (Å²) in [6.07, 6.45) is 0. The molecule has 0 aliphatic heterocycles. The highest BCUT2D eigenvalue weighted by Crippen LogP contribution is 2.33. The first-order chi connectivity index (χ1) is 10.2. The van der Waals surface area contributed by atoms with E-state index in [2.05, 4.69) is 29.2 Å². The van der Waals surface area contributed by atoms with E-state index >= 15 is 0 Å².